The maximum atomic E-state index is 12.4. The fraction of sp³-hybridized carbons (Fsp3) is 0.308. The van der Waals surface area contributed by atoms with E-state index in [-0.39, 0.29) is 22.9 Å². The third kappa shape index (κ3) is 3.22. The van der Waals surface area contributed by atoms with Crippen LogP contribution in [0.2, 0.25) is 5.02 Å². The monoisotopic (exact) mass is 347 g/mol. The van der Waals surface area contributed by atoms with Gasteiger partial charge in [-0.3, -0.25) is 4.79 Å². The maximum Gasteiger partial charge on any atom is 0.445 e. The second-order valence-electron chi connectivity index (χ2n) is 4.90. The van der Waals surface area contributed by atoms with Crippen molar-refractivity contribution >= 4 is 34.0 Å². The van der Waals surface area contributed by atoms with E-state index in [0.29, 0.717) is 22.8 Å². The van der Waals surface area contributed by atoms with Gasteiger partial charge in [0.1, 0.15) is 0 Å². The average molecular weight is 348 g/mol. The van der Waals surface area contributed by atoms with Crippen molar-refractivity contribution in [2.45, 2.75) is 18.5 Å². The first-order valence-electron chi connectivity index (χ1n) is 6.31. The molecule has 1 aliphatic carbocycles. The fourth-order valence-electron chi connectivity index (χ4n) is 2.15. The third-order valence-electron chi connectivity index (χ3n) is 3.32. The largest absolute Gasteiger partial charge is 0.445 e. The molecule has 1 aromatic carbocycles. The van der Waals surface area contributed by atoms with Gasteiger partial charge in [0.2, 0.25) is 16.0 Å². The molecule has 1 saturated carbocycles. The lowest BCUT2D eigenvalue weighted by molar-refractivity contribution is -0.138. The van der Waals surface area contributed by atoms with Crippen LogP contribution in [-0.4, -0.2) is 16.1 Å². The predicted molar refractivity (Wildman–Crippen MR) is 75.8 cm³/mol. The minimum absolute atomic E-state index is 0.0623. The highest BCUT2D eigenvalue weighted by molar-refractivity contribution is 7.15. The Balaban J connectivity index is 1.62. The van der Waals surface area contributed by atoms with Gasteiger partial charge in [0.15, 0.2) is 0 Å². The lowest BCUT2D eigenvalue weighted by Gasteiger charge is -2.01. The highest BCUT2D eigenvalue weighted by atomic mass is 35.5. The Kier molecular flexibility index (Phi) is 3.82. The van der Waals surface area contributed by atoms with E-state index >= 15 is 0 Å². The molecule has 0 bridgehead atoms. The molecule has 22 heavy (non-hydrogen) atoms. The first-order chi connectivity index (χ1) is 10.3. The Bertz CT molecular complexity index is 701. The number of anilines is 1. The summed E-state index contributed by atoms with van der Waals surface area (Å²) < 4.78 is 37.2. The number of halogens is 4. The zero-order valence-electron chi connectivity index (χ0n) is 10.9. The van der Waals surface area contributed by atoms with Gasteiger partial charge in [0, 0.05) is 10.9 Å². The van der Waals surface area contributed by atoms with Crippen LogP contribution in [0.5, 0.6) is 0 Å². The maximum absolute atomic E-state index is 12.4. The number of alkyl halides is 3. The molecule has 1 aromatic heterocycles. The van der Waals surface area contributed by atoms with Crippen molar-refractivity contribution in [2.24, 2.45) is 5.92 Å². The van der Waals surface area contributed by atoms with Crippen molar-refractivity contribution in [1.29, 1.82) is 0 Å². The molecule has 0 radical (unpaired) electrons. The van der Waals surface area contributed by atoms with E-state index in [4.69, 9.17) is 11.6 Å². The molecular formula is C13H9ClF3N3OS. The van der Waals surface area contributed by atoms with Crippen molar-refractivity contribution in [3.8, 4) is 0 Å². The Labute approximate surface area is 132 Å². The average Bonchev–Trinajstić information content (AvgIpc) is 3.10. The zero-order chi connectivity index (χ0) is 15.9. The summed E-state index contributed by atoms with van der Waals surface area (Å²) in [7, 11) is 0. The van der Waals surface area contributed by atoms with Crippen LogP contribution >= 0.6 is 22.9 Å². The molecule has 1 amide bonds. The molecule has 1 aliphatic rings. The summed E-state index contributed by atoms with van der Waals surface area (Å²) in [6.07, 6.45) is -3.90. The lowest BCUT2D eigenvalue weighted by atomic mass is 10.1. The quantitative estimate of drug-likeness (QED) is 0.914. The van der Waals surface area contributed by atoms with Gasteiger partial charge in [-0.2, -0.15) is 13.2 Å². The number of hydrogen-bond acceptors (Lipinski definition) is 4. The molecule has 4 nitrogen and oxygen atoms in total. The highest BCUT2D eigenvalue weighted by Gasteiger charge is 2.44. The van der Waals surface area contributed by atoms with Crippen molar-refractivity contribution in [3.63, 3.8) is 0 Å². The SMILES string of the molecule is O=C(Nc1nnc(C(F)(F)F)s1)[C@H]1C[C@H]1c1ccc(Cl)cc1. The third-order valence-corrected chi connectivity index (χ3v) is 4.46. The van der Waals surface area contributed by atoms with Gasteiger partial charge < -0.3 is 5.32 Å². The Morgan fingerprint density at radius 2 is 1.95 bits per heavy atom. The van der Waals surface area contributed by atoms with Gasteiger partial charge in [-0.25, -0.2) is 0 Å². The van der Waals surface area contributed by atoms with E-state index in [1.54, 1.807) is 12.1 Å². The molecule has 1 heterocycles. The predicted octanol–water partition coefficient (Wildman–Crippen LogP) is 3.95. The zero-order valence-corrected chi connectivity index (χ0v) is 12.5. The number of carbonyl (C=O) groups excluding carboxylic acids is 1. The van der Waals surface area contributed by atoms with Crippen LogP contribution in [0.3, 0.4) is 0 Å². The van der Waals surface area contributed by atoms with E-state index < -0.39 is 11.2 Å². The molecule has 1 fully saturated rings. The van der Waals surface area contributed by atoms with Crippen molar-refractivity contribution in [2.75, 3.05) is 5.32 Å². The van der Waals surface area contributed by atoms with Crippen LogP contribution in [0.4, 0.5) is 18.3 Å². The topological polar surface area (TPSA) is 54.9 Å². The van der Waals surface area contributed by atoms with Crippen molar-refractivity contribution < 1.29 is 18.0 Å². The molecule has 1 N–H and O–H groups in total. The Morgan fingerprint density at radius 1 is 1.27 bits per heavy atom. The second-order valence-corrected chi connectivity index (χ2v) is 6.31. The van der Waals surface area contributed by atoms with Gasteiger partial charge in [0.05, 0.1) is 0 Å². The number of carbonyl (C=O) groups is 1. The fourth-order valence-corrected chi connectivity index (χ4v) is 2.89. The molecule has 0 aliphatic heterocycles. The molecule has 0 spiro atoms. The summed E-state index contributed by atoms with van der Waals surface area (Å²) in [6, 6.07) is 7.16. The summed E-state index contributed by atoms with van der Waals surface area (Å²) in [4.78, 5) is 12.0. The number of hydrogen-bond donors (Lipinski definition) is 1. The molecular weight excluding hydrogens is 339 g/mol. The van der Waals surface area contributed by atoms with E-state index in [9.17, 15) is 18.0 Å². The Morgan fingerprint density at radius 3 is 2.55 bits per heavy atom. The van der Waals surface area contributed by atoms with Gasteiger partial charge in [-0.05, 0) is 30.0 Å². The summed E-state index contributed by atoms with van der Waals surface area (Å²) in [6.45, 7) is 0. The van der Waals surface area contributed by atoms with Crippen LogP contribution in [0.25, 0.3) is 0 Å². The van der Waals surface area contributed by atoms with Crippen LogP contribution in [0.1, 0.15) is 22.9 Å². The van der Waals surface area contributed by atoms with Crippen molar-refractivity contribution in [1.82, 2.24) is 10.2 Å². The number of aromatic nitrogens is 2. The molecule has 2 aromatic rings. The summed E-state index contributed by atoms with van der Waals surface area (Å²) >= 11 is 6.11. The number of rotatable bonds is 3. The summed E-state index contributed by atoms with van der Waals surface area (Å²) in [5, 5.41) is 8.14. The van der Waals surface area contributed by atoms with Crippen LogP contribution in [0, 0.1) is 5.92 Å². The minimum Gasteiger partial charge on any atom is -0.300 e. The molecule has 3 rings (SSSR count). The minimum atomic E-state index is -4.55. The molecule has 0 saturated heterocycles. The molecule has 9 heteroatoms. The van der Waals surface area contributed by atoms with Crippen molar-refractivity contribution in [3.05, 3.63) is 39.9 Å². The van der Waals surface area contributed by atoms with Gasteiger partial charge >= 0.3 is 6.18 Å². The molecule has 2 atom stereocenters. The normalized spacial score (nSPS) is 20.7. The molecule has 0 unspecified atom stereocenters. The van der Waals surface area contributed by atoms with Gasteiger partial charge in [0.25, 0.3) is 0 Å². The first kappa shape index (κ1) is 15.2. The smallest absolute Gasteiger partial charge is 0.300 e. The van der Waals surface area contributed by atoms with E-state index in [2.05, 4.69) is 15.5 Å². The number of nitrogens with zero attached hydrogens (tertiary/aromatic N) is 2. The Hall–Kier alpha value is -1.67. The highest BCUT2D eigenvalue weighted by Crippen LogP contribution is 2.48. The number of amides is 1. The summed E-state index contributed by atoms with van der Waals surface area (Å²) in [5.74, 6) is -0.545. The summed E-state index contributed by atoms with van der Waals surface area (Å²) in [5.41, 5.74) is 0.984. The van der Waals surface area contributed by atoms with E-state index in [1.165, 1.54) is 0 Å². The first-order valence-corrected chi connectivity index (χ1v) is 7.51. The number of benzene rings is 1. The van der Waals surface area contributed by atoms with Gasteiger partial charge in [-0.1, -0.05) is 35.1 Å². The number of nitrogens with one attached hydrogen (secondary N) is 1. The second kappa shape index (κ2) is 5.51. The van der Waals surface area contributed by atoms with Gasteiger partial charge in [-0.15, -0.1) is 10.2 Å². The standard InChI is InChI=1S/C13H9ClF3N3OS/c14-7-3-1-6(2-4-7)8-5-9(8)10(21)18-12-20-19-11(22-12)13(15,16)17/h1-4,8-9H,5H2,(H,18,20,21)/t8-,9-/m0/s1. The van der Waals surface area contributed by atoms with E-state index in [1.807, 2.05) is 12.1 Å². The van der Waals surface area contributed by atoms with Crippen LogP contribution in [0.15, 0.2) is 24.3 Å². The van der Waals surface area contributed by atoms with E-state index in [0.717, 1.165) is 5.56 Å². The molecule has 116 valence electrons. The van der Waals surface area contributed by atoms with Crippen LogP contribution in [-0.2, 0) is 11.0 Å². The lowest BCUT2D eigenvalue weighted by Crippen LogP contribution is -2.14. The van der Waals surface area contributed by atoms with Crippen LogP contribution < -0.4 is 5.32 Å².